The molecule has 0 aliphatic carbocycles. The van der Waals surface area contributed by atoms with E-state index in [2.05, 4.69) is 23.8 Å². The maximum atomic E-state index is 15.1. The second-order valence-corrected chi connectivity index (χ2v) is 11.8. The molecule has 0 N–H and O–H groups in total. The van der Waals surface area contributed by atoms with Crippen LogP contribution in [0.5, 0.6) is 5.75 Å². The van der Waals surface area contributed by atoms with Crippen LogP contribution < -0.4 is 4.74 Å². The number of benzene rings is 2. The van der Waals surface area contributed by atoms with Crippen LogP contribution in [-0.4, -0.2) is 21.6 Å². The number of aromatic nitrogens is 2. The molecule has 42 heavy (non-hydrogen) atoms. The number of alkyl halides is 1. The Morgan fingerprint density at radius 1 is 0.714 bits per heavy atom. The first kappa shape index (κ1) is 33.4. The number of aryl methyl sites for hydroxylation is 1. The Kier molecular flexibility index (Phi) is 14.7. The number of rotatable bonds is 20. The minimum Gasteiger partial charge on any atom is -0.424 e. The highest BCUT2D eigenvalue weighted by molar-refractivity contribution is 5.82. The lowest BCUT2D eigenvalue weighted by molar-refractivity contribution is -0.147. The van der Waals surface area contributed by atoms with E-state index in [0.29, 0.717) is 18.0 Å². The van der Waals surface area contributed by atoms with Crippen molar-refractivity contribution in [2.75, 3.05) is 0 Å². The molecule has 228 valence electrons. The number of carbonyl (C=O) groups excluding carboxylic acids is 1. The lowest BCUT2D eigenvalue weighted by Crippen LogP contribution is -2.34. The normalized spacial score (nSPS) is 12.7. The molecule has 3 rings (SSSR count). The van der Waals surface area contributed by atoms with Gasteiger partial charge in [0.1, 0.15) is 5.75 Å². The molecule has 1 heterocycles. The van der Waals surface area contributed by atoms with Crippen LogP contribution in [0.15, 0.2) is 60.9 Å². The number of hydrogen-bond donors (Lipinski definition) is 0. The summed E-state index contributed by atoms with van der Waals surface area (Å²) >= 11 is 0. The van der Waals surface area contributed by atoms with Crippen molar-refractivity contribution >= 4 is 5.97 Å². The molecule has 0 aliphatic rings. The highest BCUT2D eigenvalue weighted by Crippen LogP contribution is 2.32. The van der Waals surface area contributed by atoms with Gasteiger partial charge in [0, 0.05) is 18.0 Å². The van der Waals surface area contributed by atoms with Gasteiger partial charge >= 0.3 is 5.97 Å². The first-order valence-electron chi connectivity index (χ1n) is 16.4. The molecule has 4 nitrogen and oxygen atoms in total. The maximum absolute atomic E-state index is 15.1. The molecule has 0 spiro atoms. The lowest BCUT2D eigenvalue weighted by atomic mass is 9.98. The van der Waals surface area contributed by atoms with E-state index >= 15 is 4.39 Å². The van der Waals surface area contributed by atoms with Crippen molar-refractivity contribution in [1.82, 2.24) is 9.97 Å². The minimum absolute atomic E-state index is 0.185. The van der Waals surface area contributed by atoms with E-state index in [9.17, 15) is 4.79 Å². The largest absolute Gasteiger partial charge is 0.424 e. The van der Waals surface area contributed by atoms with Gasteiger partial charge in [0.2, 0.25) is 5.67 Å². The van der Waals surface area contributed by atoms with Crippen molar-refractivity contribution < 1.29 is 13.9 Å². The molecule has 0 amide bonds. The van der Waals surface area contributed by atoms with Crippen LogP contribution in [0.2, 0.25) is 0 Å². The fourth-order valence-corrected chi connectivity index (χ4v) is 5.27. The van der Waals surface area contributed by atoms with Crippen LogP contribution in [0, 0.1) is 0 Å². The van der Waals surface area contributed by atoms with E-state index in [1.807, 2.05) is 48.8 Å². The molecule has 5 heteroatoms. The average molecular weight is 575 g/mol. The molecule has 2 aromatic carbocycles. The summed E-state index contributed by atoms with van der Waals surface area (Å²) in [7, 11) is 0. The highest BCUT2D eigenvalue weighted by atomic mass is 19.1. The molecule has 0 aliphatic heterocycles. The van der Waals surface area contributed by atoms with Crippen molar-refractivity contribution in [3.05, 3.63) is 66.5 Å². The number of carbonyl (C=O) groups is 1. The van der Waals surface area contributed by atoms with E-state index in [-0.39, 0.29) is 6.42 Å². The van der Waals surface area contributed by atoms with Crippen molar-refractivity contribution in [3.8, 4) is 28.3 Å². The summed E-state index contributed by atoms with van der Waals surface area (Å²) in [4.78, 5) is 22.0. The summed E-state index contributed by atoms with van der Waals surface area (Å²) in [6, 6.07) is 15.3. The van der Waals surface area contributed by atoms with Crippen LogP contribution in [0.1, 0.15) is 123 Å². The SMILES string of the molecule is CCCCCCCCCCC(C)(F)C(=O)Oc1ccc(-c2ccccc2-c2ncc(CCCCCCCC)cn2)cc1. The van der Waals surface area contributed by atoms with Gasteiger partial charge in [-0.25, -0.2) is 19.2 Å². The molecular weight excluding hydrogens is 523 g/mol. The van der Waals surface area contributed by atoms with Crippen LogP contribution in [0.4, 0.5) is 4.39 Å². The summed E-state index contributed by atoms with van der Waals surface area (Å²) < 4.78 is 20.5. The summed E-state index contributed by atoms with van der Waals surface area (Å²) in [6.07, 6.45) is 21.6. The zero-order valence-electron chi connectivity index (χ0n) is 26.2. The quantitative estimate of drug-likeness (QED) is 0.0765. The highest BCUT2D eigenvalue weighted by Gasteiger charge is 2.34. The average Bonchev–Trinajstić information content (AvgIpc) is 3.01. The first-order chi connectivity index (χ1) is 20.4. The van der Waals surface area contributed by atoms with Gasteiger partial charge in [-0.1, -0.05) is 127 Å². The molecule has 1 atom stereocenters. The van der Waals surface area contributed by atoms with Gasteiger partial charge in [-0.05, 0) is 61.4 Å². The molecule has 0 saturated heterocycles. The molecule has 1 aromatic heterocycles. The van der Waals surface area contributed by atoms with Crippen molar-refractivity contribution in [2.24, 2.45) is 0 Å². The van der Waals surface area contributed by atoms with E-state index < -0.39 is 11.6 Å². The molecule has 0 fully saturated rings. The van der Waals surface area contributed by atoms with Crippen LogP contribution in [-0.2, 0) is 11.2 Å². The Morgan fingerprint density at radius 3 is 1.83 bits per heavy atom. The first-order valence-corrected chi connectivity index (χ1v) is 16.4. The monoisotopic (exact) mass is 574 g/mol. The van der Waals surface area contributed by atoms with Gasteiger partial charge in [-0.15, -0.1) is 0 Å². The van der Waals surface area contributed by atoms with Gasteiger partial charge in [-0.2, -0.15) is 0 Å². The number of ether oxygens (including phenoxy) is 1. The fraction of sp³-hybridized carbons (Fsp3) is 0.541. The molecule has 0 saturated carbocycles. The van der Waals surface area contributed by atoms with Gasteiger partial charge in [0.25, 0.3) is 0 Å². The number of nitrogens with zero attached hydrogens (tertiary/aromatic N) is 2. The summed E-state index contributed by atoms with van der Waals surface area (Å²) in [5.74, 6) is 0.200. The van der Waals surface area contributed by atoms with Gasteiger partial charge < -0.3 is 4.74 Å². The Morgan fingerprint density at radius 2 is 1.24 bits per heavy atom. The zero-order valence-corrected chi connectivity index (χ0v) is 26.2. The molecule has 3 aromatic rings. The van der Waals surface area contributed by atoms with Gasteiger partial charge in [-0.3, -0.25) is 0 Å². The van der Waals surface area contributed by atoms with Gasteiger partial charge in [0.15, 0.2) is 5.82 Å². The van der Waals surface area contributed by atoms with Crippen LogP contribution in [0.25, 0.3) is 22.5 Å². The predicted molar refractivity (Wildman–Crippen MR) is 172 cm³/mol. The van der Waals surface area contributed by atoms with Crippen molar-refractivity contribution in [1.29, 1.82) is 0 Å². The van der Waals surface area contributed by atoms with E-state index in [1.54, 1.807) is 12.1 Å². The predicted octanol–water partition coefficient (Wildman–Crippen LogP) is 10.9. The van der Waals surface area contributed by atoms with E-state index in [0.717, 1.165) is 36.0 Å². The summed E-state index contributed by atoms with van der Waals surface area (Å²) in [5.41, 5.74) is 2.05. The molecule has 0 bridgehead atoms. The minimum atomic E-state index is -1.99. The number of esters is 1. The Bertz CT molecular complexity index is 1180. The summed E-state index contributed by atoms with van der Waals surface area (Å²) in [5, 5.41) is 0. The van der Waals surface area contributed by atoms with E-state index in [1.165, 1.54) is 83.1 Å². The third kappa shape index (κ3) is 11.3. The smallest absolute Gasteiger partial charge is 0.348 e. The second-order valence-electron chi connectivity index (χ2n) is 11.8. The molecular formula is C37H51FN2O2. The van der Waals surface area contributed by atoms with Crippen LogP contribution >= 0.6 is 0 Å². The fourth-order valence-electron chi connectivity index (χ4n) is 5.27. The Labute approximate surface area is 253 Å². The standard InChI is InChI=1S/C37H51FN2O2/c1-4-6-8-10-12-13-15-19-27-37(3,38)36(41)42-32-25-23-31(24-26-32)33-21-17-18-22-34(33)35-39-28-30(29-40-35)20-16-14-11-9-7-5-2/h17-18,21-26,28-29H,4-16,19-20,27H2,1-3H3. The number of hydrogen-bond acceptors (Lipinski definition) is 4. The number of halogens is 1. The van der Waals surface area contributed by atoms with Crippen molar-refractivity contribution in [2.45, 2.75) is 129 Å². The Balaban J connectivity index is 1.53. The lowest BCUT2D eigenvalue weighted by Gasteiger charge is -2.18. The number of unbranched alkanes of at least 4 members (excludes halogenated alkanes) is 12. The van der Waals surface area contributed by atoms with Crippen molar-refractivity contribution in [3.63, 3.8) is 0 Å². The third-order valence-corrected chi connectivity index (χ3v) is 7.99. The second kappa shape index (κ2) is 18.5. The zero-order chi connectivity index (χ0) is 30.0. The Hall–Kier alpha value is -3.08. The van der Waals surface area contributed by atoms with E-state index in [4.69, 9.17) is 4.74 Å². The molecule has 1 unspecified atom stereocenters. The summed E-state index contributed by atoms with van der Waals surface area (Å²) in [6.45, 7) is 5.78. The van der Waals surface area contributed by atoms with Crippen LogP contribution in [0.3, 0.4) is 0 Å². The topological polar surface area (TPSA) is 52.1 Å². The third-order valence-electron chi connectivity index (χ3n) is 7.99. The molecule has 0 radical (unpaired) electrons. The van der Waals surface area contributed by atoms with Gasteiger partial charge in [0.05, 0.1) is 0 Å². The maximum Gasteiger partial charge on any atom is 0.348 e.